The van der Waals surface area contributed by atoms with E-state index in [9.17, 15) is 18.0 Å². The molecule has 1 aliphatic heterocycles. The number of rotatable bonds is 3. The van der Waals surface area contributed by atoms with E-state index in [2.05, 4.69) is 5.32 Å². The third-order valence-electron chi connectivity index (χ3n) is 3.23. The van der Waals surface area contributed by atoms with Crippen LogP contribution in [0.5, 0.6) is 0 Å². The number of ether oxygens (including phenoxy) is 1. The van der Waals surface area contributed by atoms with E-state index in [1.165, 1.54) is 12.1 Å². The summed E-state index contributed by atoms with van der Waals surface area (Å²) in [5.74, 6) is 0. The normalized spacial score (nSPS) is 16.0. The Morgan fingerprint density at radius 3 is 2.45 bits per heavy atom. The van der Waals surface area contributed by atoms with Gasteiger partial charge in [0.05, 0.1) is 5.56 Å². The van der Waals surface area contributed by atoms with Crippen LogP contribution in [-0.2, 0) is 10.9 Å². The second kappa shape index (κ2) is 7.31. The fourth-order valence-electron chi connectivity index (χ4n) is 2.03. The highest BCUT2D eigenvalue weighted by molar-refractivity contribution is 5.68. The number of hydrogen-bond donors (Lipinski definition) is 1. The molecule has 0 atom stereocenters. The van der Waals surface area contributed by atoms with Crippen LogP contribution >= 0.6 is 0 Å². The number of amides is 1. The van der Waals surface area contributed by atoms with Crippen LogP contribution in [0.3, 0.4) is 0 Å². The zero-order valence-electron chi connectivity index (χ0n) is 11.9. The molecule has 1 aromatic rings. The van der Waals surface area contributed by atoms with Crippen LogP contribution in [0.25, 0.3) is 6.08 Å². The summed E-state index contributed by atoms with van der Waals surface area (Å²) in [5, 5.41) is 3.13. The van der Waals surface area contributed by atoms with Crippen molar-refractivity contribution in [3.05, 3.63) is 41.5 Å². The number of benzene rings is 1. The van der Waals surface area contributed by atoms with E-state index >= 15 is 0 Å². The first-order valence-corrected chi connectivity index (χ1v) is 6.93. The molecule has 1 saturated heterocycles. The summed E-state index contributed by atoms with van der Waals surface area (Å²) in [6.45, 7) is 2.81. The van der Waals surface area contributed by atoms with E-state index in [1.54, 1.807) is 17.1 Å². The molecule has 0 spiro atoms. The quantitative estimate of drug-likeness (QED) is 0.933. The summed E-state index contributed by atoms with van der Waals surface area (Å²) in [7, 11) is 0. The van der Waals surface area contributed by atoms with Gasteiger partial charge in [-0.2, -0.15) is 13.2 Å². The SMILES string of the molecule is O=C(OCC=Cc1ccc(C(F)(F)F)cc1)N1CCNCC1. The standard InChI is InChI=1S/C15H17F3N2O2/c16-15(17,18)13-5-3-12(4-6-13)2-1-11-22-14(21)20-9-7-19-8-10-20/h1-6,19H,7-11H2. The highest BCUT2D eigenvalue weighted by Gasteiger charge is 2.29. The average Bonchev–Trinajstić information content (AvgIpc) is 2.52. The molecule has 1 N–H and O–H groups in total. The van der Waals surface area contributed by atoms with Gasteiger partial charge in [-0.05, 0) is 23.8 Å². The lowest BCUT2D eigenvalue weighted by Crippen LogP contribution is -2.46. The van der Waals surface area contributed by atoms with Crippen LogP contribution in [0, 0.1) is 0 Å². The van der Waals surface area contributed by atoms with Gasteiger partial charge in [0.2, 0.25) is 0 Å². The topological polar surface area (TPSA) is 41.6 Å². The molecule has 0 bridgehead atoms. The van der Waals surface area contributed by atoms with Crippen molar-refractivity contribution in [2.75, 3.05) is 32.8 Å². The van der Waals surface area contributed by atoms with Crippen LogP contribution in [-0.4, -0.2) is 43.8 Å². The minimum atomic E-state index is -4.33. The van der Waals surface area contributed by atoms with E-state index in [0.29, 0.717) is 18.7 Å². The molecule has 2 rings (SSSR count). The molecule has 1 aliphatic rings. The molecule has 4 nitrogen and oxygen atoms in total. The predicted molar refractivity (Wildman–Crippen MR) is 76.3 cm³/mol. The Morgan fingerprint density at radius 1 is 1.23 bits per heavy atom. The number of nitrogens with zero attached hydrogens (tertiary/aromatic N) is 1. The molecule has 0 aromatic heterocycles. The highest BCUT2D eigenvalue weighted by Crippen LogP contribution is 2.29. The second-order valence-corrected chi connectivity index (χ2v) is 4.84. The van der Waals surface area contributed by atoms with Gasteiger partial charge >= 0.3 is 12.3 Å². The zero-order chi connectivity index (χ0) is 16.0. The maximum Gasteiger partial charge on any atom is 0.416 e. The lowest BCUT2D eigenvalue weighted by Gasteiger charge is -2.26. The summed E-state index contributed by atoms with van der Waals surface area (Å²) in [6.07, 6.45) is -1.49. The van der Waals surface area contributed by atoms with E-state index in [-0.39, 0.29) is 12.7 Å². The lowest BCUT2D eigenvalue weighted by atomic mass is 10.1. The summed E-state index contributed by atoms with van der Waals surface area (Å²) in [5.41, 5.74) is -0.0685. The third kappa shape index (κ3) is 4.77. The molecule has 1 heterocycles. The number of alkyl halides is 3. The maximum atomic E-state index is 12.4. The van der Waals surface area contributed by atoms with Crippen LogP contribution < -0.4 is 5.32 Å². The molecule has 22 heavy (non-hydrogen) atoms. The van der Waals surface area contributed by atoms with Gasteiger partial charge in [0.1, 0.15) is 6.61 Å². The Morgan fingerprint density at radius 2 is 1.86 bits per heavy atom. The van der Waals surface area contributed by atoms with Crippen LogP contribution in [0.1, 0.15) is 11.1 Å². The van der Waals surface area contributed by atoms with Gasteiger partial charge in [0.15, 0.2) is 0 Å². The summed E-state index contributed by atoms with van der Waals surface area (Å²) < 4.78 is 42.3. The van der Waals surface area contributed by atoms with Gasteiger partial charge in [-0.15, -0.1) is 0 Å². The van der Waals surface area contributed by atoms with Crippen molar-refractivity contribution in [1.29, 1.82) is 0 Å². The lowest BCUT2D eigenvalue weighted by molar-refractivity contribution is -0.137. The Balaban J connectivity index is 1.78. The first-order chi connectivity index (χ1) is 10.5. The monoisotopic (exact) mass is 314 g/mol. The van der Waals surface area contributed by atoms with Gasteiger partial charge in [-0.25, -0.2) is 4.79 Å². The van der Waals surface area contributed by atoms with Crippen LogP contribution in [0.2, 0.25) is 0 Å². The van der Waals surface area contributed by atoms with Crippen molar-refractivity contribution >= 4 is 12.2 Å². The summed E-state index contributed by atoms with van der Waals surface area (Å²) in [6, 6.07) is 4.79. The van der Waals surface area contributed by atoms with Crippen LogP contribution in [0.4, 0.5) is 18.0 Å². The Bertz CT molecular complexity index is 521. The number of halogens is 3. The molecule has 0 unspecified atom stereocenters. The molecule has 1 amide bonds. The molecule has 1 aromatic carbocycles. The fourth-order valence-corrected chi connectivity index (χ4v) is 2.03. The Kier molecular flexibility index (Phi) is 5.43. The molecule has 7 heteroatoms. The Hall–Kier alpha value is -2.02. The second-order valence-electron chi connectivity index (χ2n) is 4.84. The van der Waals surface area contributed by atoms with Gasteiger partial charge in [0.25, 0.3) is 0 Å². The number of piperazine rings is 1. The fraction of sp³-hybridized carbons (Fsp3) is 0.400. The molecular weight excluding hydrogens is 297 g/mol. The smallest absolute Gasteiger partial charge is 0.416 e. The van der Waals surface area contributed by atoms with Crippen molar-refractivity contribution in [3.8, 4) is 0 Å². The van der Waals surface area contributed by atoms with E-state index < -0.39 is 11.7 Å². The molecular formula is C15H17F3N2O2. The number of hydrogen-bond acceptors (Lipinski definition) is 3. The van der Waals surface area contributed by atoms with E-state index in [0.717, 1.165) is 25.2 Å². The Labute approximate surface area is 126 Å². The van der Waals surface area contributed by atoms with Crippen molar-refractivity contribution < 1.29 is 22.7 Å². The minimum absolute atomic E-state index is 0.0871. The molecule has 0 radical (unpaired) electrons. The predicted octanol–water partition coefficient (Wildman–Crippen LogP) is 2.76. The molecule has 120 valence electrons. The molecule has 0 aliphatic carbocycles. The van der Waals surface area contributed by atoms with Crippen molar-refractivity contribution in [2.24, 2.45) is 0 Å². The average molecular weight is 314 g/mol. The van der Waals surface area contributed by atoms with Gasteiger partial charge in [-0.1, -0.05) is 18.2 Å². The number of carbonyl (C=O) groups is 1. The van der Waals surface area contributed by atoms with Gasteiger partial charge in [-0.3, -0.25) is 0 Å². The van der Waals surface area contributed by atoms with E-state index in [4.69, 9.17) is 4.74 Å². The van der Waals surface area contributed by atoms with E-state index in [1.807, 2.05) is 0 Å². The van der Waals surface area contributed by atoms with Gasteiger partial charge in [0, 0.05) is 26.2 Å². The highest BCUT2D eigenvalue weighted by atomic mass is 19.4. The molecule has 0 saturated carbocycles. The van der Waals surface area contributed by atoms with Crippen molar-refractivity contribution in [3.63, 3.8) is 0 Å². The number of nitrogens with one attached hydrogen (secondary N) is 1. The first-order valence-electron chi connectivity index (χ1n) is 6.93. The van der Waals surface area contributed by atoms with Gasteiger partial charge < -0.3 is 15.0 Å². The van der Waals surface area contributed by atoms with Crippen LogP contribution in [0.15, 0.2) is 30.3 Å². The largest absolute Gasteiger partial charge is 0.445 e. The zero-order valence-corrected chi connectivity index (χ0v) is 11.9. The minimum Gasteiger partial charge on any atom is -0.445 e. The number of carbonyl (C=O) groups excluding carboxylic acids is 1. The van der Waals surface area contributed by atoms with Crippen molar-refractivity contribution in [1.82, 2.24) is 10.2 Å². The molecule has 1 fully saturated rings. The third-order valence-corrected chi connectivity index (χ3v) is 3.23. The maximum absolute atomic E-state index is 12.4. The summed E-state index contributed by atoms with van der Waals surface area (Å²) in [4.78, 5) is 13.3. The summed E-state index contributed by atoms with van der Waals surface area (Å²) >= 11 is 0. The van der Waals surface area contributed by atoms with Crippen molar-refractivity contribution in [2.45, 2.75) is 6.18 Å². The first kappa shape index (κ1) is 16.4.